The summed E-state index contributed by atoms with van der Waals surface area (Å²) in [5.41, 5.74) is -0.0666. The number of hydrogen-bond donors (Lipinski definition) is 2. The van der Waals surface area contributed by atoms with Gasteiger partial charge in [-0.2, -0.15) is 0 Å². The molecular formula is C16H16FN3O6S. The summed E-state index contributed by atoms with van der Waals surface area (Å²) >= 11 is 0. The Morgan fingerprint density at radius 3 is 2.52 bits per heavy atom. The van der Waals surface area contributed by atoms with Crippen molar-refractivity contribution in [1.29, 1.82) is 0 Å². The van der Waals surface area contributed by atoms with E-state index in [9.17, 15) is 27.7 Å². The number of ether oxygens (including phenoxy) is 1. The van der Waals surface area contributed by atoms with E-state index in [0.717, 1.165) is 24.3 Å². The number of carbonyl (C=O) groups excluding carboxylic acids is 1. The fourth-order valence-corrected chi connectivity index (χ4v) is 2.61. The van der Waals surface area contributed by atoms with Crippen molar-refractivity contribution in [3.8, 4) is 5.75 Å². The summed E-state index contributed by atoms with van der Waals surface area (Å²) in [4.78, 5) is 22.0. The number of halogens is 1. The first-order chi connectivity index (χ1) is 12.5. The van der Waals surface area contributed by atoms with E-state index >= 15 is 0 Å². The van der Waals surface area contributed by atoms with Gasteiger partial charge >= 0.3 is 5.69 Å². The first kappa shape index (κ1) is 20.3. The van der Waals surface area contributed by atoms with Crippen molar-refractivity contribution in [2.24, 2.45) is 5.14 Å². The predicted octanol–water partition coefficient (Wildman–Crippen LogP) is 2.10. The largest absolute Gasteiger partial charge is 0.474 e. The van der Waals surface area contributed by atoms with Gasteiger partial charge in [0.05, 0.1) is 9.82 Å². The van der Waals surface area contributed by atoms with Crippen LogP contribution in [0.1, 0.15) is 12.5 Å². The Bertz CT molecular complexity index is 1010. The van der Waals surface area contributed by atoms with E-state index in [1.54, 1.807) is 6.92 Å². The van der Waals surface area contributed by atoms with Crippen molar-refractivity contribution in [1.82, 2.24) is 0 Å². The molecule has 0 radical (unpaired) electrons. The van der Waals surface area contributed by atoms with E-state index in [1.807, 2.05) is 0 Å². The number of nitro benzene ring substituents is 1. The molecule has 0 fully saturated rings. The number of nitrogens with two attached hydrogens (primary N) is 1. The molecule has 0 aliphatic rings. The van der Waals surface area contributed by atoms with Crippen LogP contribution in [0.5, 0.6) is 5.75 Å². The molecule has 0 spiro atoms. The highest BCUT2D eigenvalue weighted by molar-refractivity contribution is 7.89. The molecule has 27 heavy (non-hydrogen) atoms. The smallest absolute Gasteiger partial charge is 0.312 e. The third kappa shape index (κ3) is 4.99. The zero-order valence-electron chi connectivity index (χ0n) is 14.3. The topological polar surface area (TPSA) is 142 Å². The van der Waals surface area contributed by atoms with Crippen LogP contribution in [0, 0.1) is 22.9 Å². The Hall–Kier alpha value is -3.05. The minimum Gasteiger partial charge on any atom is -0.474 e. The Kier molecular flexibility index (Phi) is 5.76. The maximum absolute atomic E-state index is 13.5. The average molecular weight is 397 g/mol. The van der Waals surface area contributed by atoms with Gasteiger partial charge < -0.3 is 10.1 Å². The second kappa shape index (κ2) is 7.68. The van der Waals surface area contributed by atoms with E-state index < -0.39 is 43.4 Å². The van der Waals surface area contributed by atoms with Crippen molar-refractivity contribution >= 4 is 27.3 Å². The van der Waals surface area contributed by atoms with Crippen molar-refractivity contribution < 1.29 is 27.3 Å². The number of hydrogen-bond acceptors (Lipinski definition) is 6. The number of nitro groups is 1. The van der Waals surface area contributed by atoms with Crippen LogP contribution in [0.4, 0.5) is 15.8 Å². The molecule has 144 valence electrons. The monoisotopic (exact) mass is 397 g/mol. The lowest BCUT2D eigenvalue weighted by atomic mass is 10.2. The van der Waals surface area contributed by atoms with E-state index in [4.69, 9.17) is 9.88 Å². The Morgan fingerprint density at radius 1 is 1.30 bits per heavy atom. The Balaban J connectivity index is 2.21. The van der Waals surface area contributed by atoms with Crippen molar-refractivity contribution in [2.45, 2.75) is 24.8 Å². The van der Waals surface area contributed by atoms with Gasteiger partial charge in [-0.25, -0.2) is 17.9 Å². The fraction of sp³-hybridized carbons (Fsp3) is 0.188. The molecule has 0 aromatic heterocycles. The SMILES string of the molecule is Cc1ccc(NC(=O)[C@@H](C)Oc2ccc(S(N)(=O)=O)cc2[N+](=O)[O-])cc1F. The molecule has 11 heteroatoms. The summed E-state index contributed by atoms with van der Waals surface area (Å²) in [5.74, 6) is -1.50. The number of nitrogens with one attached hydrogen (secondary N) is 1. The van der Waals surface area contributed by atoms with Gasteiger partial charge in [0, 0.05) is 11.8 Å². The molecule has 3 N–H and O–H groups in total. The number of aryl methyl sites for hydroxylation is 1. The Labute approximate surface area is 154 Å². The van der Waals surface area contributed by atoms with Gasteiger partial charge in [-0.1, -0.05) is 6.07 Å². The molecule has 2 aromatic rings. The van der Waals surface area contributed by atoms with Gasteiger partial charge in [-0.3, -0.25) is 14.9 Å². The normalized spacial score (nSPS) is 12.3. The van der Waals surface area contributed by atoms with Crippen LogP contribution in [0.3, 0.4) is 0 Å². The van der Waals surface area contributed by atoms with Gasteiger partial charge in [-0.15, -0.1) is 0 Å². The minimum absolute atomic E-state index is 0.192. The van der Waals surface area contributed by atoms with Crippen LogP contribution in [0.2, 0.25) is 0 Å². The minimum atomic E-state index is -4.14. The summed E-state index contributed by atoms with van der Waals surface area (Å²) in [5, 5.41) is 18.5. The zero-order chi connectivity index (χ0) is 20.4. The highest BCUT2D eigenvalue weighted by atomic mass is 32.2. The molecule has 0 heterocycles. The third-order valence-electron chi connectivity index (χ3n) is 3.57. The highest BCUT2D eigenvalue weighted by Crippen LogP contribution is 2.30. The first-order valence-corrected chi connectivity index (χ1v) is 9.08. The molecule has 0 aliphatic carbocycles. The maximum atomic E-state index is 13.5. The van der Waals surface area contributed by atoms with E-state index in [0.29, 0.717) is 5.56 Å². The number of primary sulfonamides is 1. The summed E-state index contributed by atoms with van der Waals surface area (Å²) in [6.07, 6.45) is -1.19. The number of amides is 1. The number of anilines is 1. The van der Waals surface area contributed by atoms with Crippen molar-refractivity contribution in [3.63, 3.8) is 0 Å². The second-order valence-electron chi connectivity index (χ2n) is 5.64. The molecular weight excluding hydrogens is 381 g/mol. The lowest BCUT2D eigenvalue weighted by Crippen LogP contribution is -2.30. The van der Waals surface area contributed by atoms with Gasteiger partial charge in [0.2, 0.25) is 10.0 Å². The lowest BCUT2D eigenvalue weighted by molar-refractivity contribution is -0.386. The van der Waals surface area contributed by atoms with Crippen LogP contribution in [0.25, 0.3) is 0 Å². The zero-order valence-corrected chi connectivity index (χ0v) is 15.1. The number of sulfonamides is 1. The van der Waals surface area contributed by atoms with Crippen LogP contribution < -0.4 is 15.2 Å². The number of benzene rings is 2. The lowest BCUT2D eigenvalue weighted by Gasteiger charge is -2.15. The second-order valence-corrected chi connectivity index (χ2v) is 7.21. The molecule has 0 saturated carbocycles. The summed E-state index contributed by atoms with van der Waals surface area (Å²) < 4.78 is 41.5. The van der Waals surface area contributed by atoms with Crippen LogP contribution in [-0.2, 0) is 14.8 Å². The molecule has 0 bridgehead atoms. The van der Waals surface area contributed by atoms with Gasteiger partial charge in [-0.05, 0) is 43.7 Å². The highest BCUT2D eigenvalue weighted by Gasteiger charge is 2.24. The number of nitrogens with zero attached hydrogens (tertiary/aromatic N) is 1. The molecule has 0 saturated heterocycles. The molecule has 1 amide bonds. The molecule has 0 aliphatic heterocycles. The standard InChI is InChI=1S/C16H16FN3O6S/c1-9-3-4-11(7-13(9)17)19-16(21)10(2)26-15-6-5-12(27(18,24)25)8-14(15)20(22)23/h3-8,10H,1-2H3,(H,19,21)(H2,18,24,25)/t10-/m1/s1. The summed E-state index contributed by atoms with van der Waals surface area (Å²) in [7, 11) is -4.14. The van der Waals surface area contributed by atoms with E-state index in [-0.39, 0.29) is 11.4 Å². The van der Waals surface area contributed by atoms with Gasteiger partial charge in [0.1, 0.15) is 5.82 Å². The molecule has 2 aromatic carbocycles. The van der Waals surface area contributed by atoms with Crippen LogP contribution in [0.15, 0.2) is 41.3 Å². The average Bonchev–Trinajstić information content (AvgIpc) is 2.57. The van der Waals surface area contributed by atoms with Crippen LogP contribution in [-0.4, -0.2) is 25.4 Å². The molecule has 9 nitrogen and oxygen atoms in total. The molecule has 0 unspecified atom stereocenters. The first-order valence-electron chi connectivity index (χ1n) is 7.54. The van der Waals surface area contributed by atoms with Gasteiger partial charge in [0.15, 0.2) is 11.9 Å². The van der Waals surface area contributed by atoms with Crippen LogP contribution >= 0.6 is 0 Å². The van der Waals surface area contributed by atoms with E-state index in [1.165, 1.54) is 19.1 Å². The van der Waals surface area contributed by atoms with Gasteiger partial charge in [0.25, 0.3) is 5.91 Å². The molecule has 1 atom stereocenters. The fourth-order valence-electron chi connectivity index (χ4n) is 2.07. The third-order valence-corrected chi connectivity index (χ3v) is 4.48. The summed E-state index contributed by atoms with van der Waals surface area (Å²) in [6, 6.07) is 6.90. The van der Waals surface area contributed by atoms with E-state index in [2.05, 4.69) is 5.32 Å². The number of rotatable bonds is 6. The quantitative estimate of drug-likeness (QED) is 0.565. The van der Waals surface area contributed by atoms with Crippen molar-refractivity contribution in [3.05, 3.63) is 57.9 Å². The number of carbonyl (C=O) groups is 1. The maximum Gasteiger partial charge on any atom is 0.312 e. The Morgan fingerprint density at radius 2 is 1.96 bits per heavy atom. The van der Waals surface area contributed by atoms with Crippen molar-refractivity contribution in [2.75, 3.05) is 5.32 Å². The molecule has 2 rings (SSSR count). The summed E-state index contributed by atoms with van der Waals surface area (Å²) in [6.45, 7) is 2.90. The predicted molar refractivity (Wildman–Crippen MR) is 94.3 cm³/mol.